The van der Waals surface area contributed by atoms with Gasteiger partial charge in [0.15, 0.2) is 0 Å². The maximum absolute atomic E-state index is 3.42. The van der Waals surface area contributed by atoms with Crippen molar-refractivity contribution in [1.82, 2.24) is 4.98 Å². The van der Waals surface area contributed by atoms with Crippen LogP contribution in [0.3, 0.4) is 0 Å². The Hall–Kier alpha value is -2.10. The van der Waals surface area contributed by atoms with Gasteiger partial charge in [0, 0.05) is 41.1 Å². The van der Waals surface area contributed by atoms with Crippen LogP contribution in [0.5, 0.6) is 0 Å². The van der Waals surface area contributed by atoms with Crippen molar-refractivity contribution in [2.75, 3.05) is 19.6 Å². The number of benzene rings is 2. The van der Waals surface area contributed by atoms with E-state index in [9.17, 15) is 0 Å². The summed E-state index contributed by atoms with van der Waals surface area (Å²) in [6.07, 6.45) is 4.89. The number of quaternary nitrogens is 2. The summed E-state index contributed by atoms with van der Waals surface area (Å²) in [5.74, 6) is 0. The molecule has 0 amide bonds. The van der Waals surface area contributed by atoms with Crippen LogP contribution in [0.15, 0.2) is 60.8 Å². The highest BCUT2D eigenvalue weighted by atomic mass is 15.2. The van der Waals surface area contributed by atoms with Gasteiger partial charge in [-0.2, -0.15) is 0 Å². The molecule has 26 heavy (non-hydrogen) atoms. The van der Waals surface area contributed by atoms with Crippen LogP contribution in [0.1, 0.15) is 30.9 Å². The number of aromatic amines is 1. The van der Waals surface area contributed by atoms with Crippen molar-refractivity contribution in [3.05, 3.63) is 71.9 Å². The molecule has 1 aliphatic heterocycles. The Labute approximate surface area is 156 Å². The molecule has 1 aliphatic rings. The van der Waals surface area contributed by atoms with E-state index in [2.05, 4.69) is 72.7 Å². The molecule has 0 bridgehead atoms. The third-order valence-corrected chi connectivity index (χ3v) is 6.11. The first kappa shape index (κ1) is 17.3. The summed E-state index contributed by atoms with van der Waals surface area (Å²) in [4.78, 5) is 6.91. The third kappa shape index (κ3) is 3.84. The Morgan fingerprint density at radius 2 is 1.73 bits per heavy atom. The summed E-state index contributed by atoms with van der Waals surface area (Å²) < 4.78 is 0. The lowest BCUT2D eigenvalue weighted by molar-refractivity contribution is -0.969. The normalized spacial score (nSPS) is 21.7. The molecule has 3 aromatic rings. The molecule has 0 aliphatic carbocycles. The highest BCUT2D eigenvalue weighted by Crippen LogP contribution is 2.16. The molecule has 0 spiro atoms. The Morgan fingerprint density at radius 1 is 1.00 bits per heavy atom. The fourth-order valence-corrected chi connectivity index (χ4v) is 4.57. The van der Waals surface area contributed by atoms with Crippen molar-refractivity contribution in [2.24, 2.45) is 0 Å². The van der Waals surface area contributed by atoms with E-state index in [1.165, 1.54) is 61.1 Å². The second-order valence-corrected chi connectivity index (χ2v) is 7.73. The summed E-state index contributed by atoms with van der Waals surface area (Å²) in [5, 5.41) is 1.40. The molecule has 1 aromatic heterocycles. The Balaban J connectivity index is 1.34. The number of likely N-dealkylation sites (tertiary alicyclic amines) is 1. The van der Waals surface area contributed by atoms with E-state index in [4.69, 9.17) is 0 Å². The average molecular weight is 350 g/mol. The maximum atomic E-state index is 3.42. The lowest BCUT2D eigenvalue weighted by Gasteiger charge is -2.34. The molecular weight excluding hydrogens is 318 g/mol. The molecule has 0 saturated carbocycles. The maximum Gasteiger partial charge on any atom is 0.105 e. The summed E-state index contributed by atoms with van der Waals surface area (Å²) in [6, 6.07) is 20.5. The number of aromatic nitrogens is 1. The zero-order chi connectivity index (χ0) is 17.8. The van der Waals surface area contributed by atoms with E-state index in [1.54, 1.807) is 9.80 Å². The molecule has 1 saturated heterocycles. The van der Waals surface area contributed by atoms with Crippen molar-refractivity contribution < 1.29 is 9.80 Å². The van der Waals surface area contributed by atoms with E-state index in [1.807, 2.05) is 0 Å². The van der Waals surface area contributed by atoms with Gasteiger partial charge in [-0.3, -0.25) is 0 Å². The Kier molecular flexibility index (Phi) is 5.37. The zero-order valence-electron chi connectivity index (χ0n) is 15.8. The first-order valence-electron chi connectivity index (χ1n) is 10.1. The second kappa shape index (κ2) is 8.07. The highest BCUT2D eigenvalue weighted by molar-refractivity contribution is 5.82. The van der Waals surface area contributed by atoms with Gasteiger partial charge in [-0.1, -0.05) is 48.5 Å². The largest absolute Gasteiger partial charge is 0.361 e. The van der Waals surface area contributed by atoms with Gasteiger partial charge < -0.3 is 14.8 Å². The zero-order valence-corrected chi connectivity index (χ0v) is 15.8. The minimum atomic E-state index is 0.812. The Morgan fingerprint density at radius 3 is 2.50 bits per heavy atom. The molecule has 1 unspecified atom stereocenters. The number of rotatable bonds is 6. The first-order valence-corrected chi connectivity index (χ1v) is 10.1. The monoisotopic (exact) mass is 349 g/mol. The third-order valence-electron chi connectivity index (χ3n) is 6.11. The number of fused-ring (bicyclic) bond motifs is 1. The van der Waals surface area contributed by atoms with Crippen LogP contribution in [0.25, 0.3) is 10.9 Å². The lowest BCUT2D eigenvalue weighted by atomic mass is 10.0. The topological polar surface area (TPSA) is 24.7 Å². The highest BCUT2D eigenvalue weighted by Gasteiger charge is 2.29. The fourth-order valence-electron chi connectivity index (χ4n) is 4.57. The molecule has 0 radical (unpaired) electrons. The first-order chi connectivity index (χ1) is 12.8. The minimum absolute atomic E-state index is 0.812. The molecule has 3 N–H and O–H groups in total. The molecule has 136 valence electrons. The standard InChI is InChI=1S/C23H29N3/c1-2-26(17-19-8-4-3-5-9-19)21-12-14-25(15-13-21)18-20-16-24-23-11-7-6-10-22(20)23/h3-11,16,21,24H,2,12-15,17-18H2,1H3/p+2. The lowest BCUT2D eigenvalue weighted by Crippen LogP contribution is -3.19. The van der Waals surface area contributed by atoms with Gasteiger partial charge in [0.25, 0.3) is 0 Å². The van der Waals surface area contributed by atoms with Gasteiger partial charge in [0.2, 0.25) is 0 Å². The van der Waals surface area contributed by atoms with Gasteiger partial charge in [0.1, 0.15) is 13.1 Å². The van der Waals surface area contributed by atoms with Gasteiger partial charge in [-0.15, -0.1) is 0 Å². The van der Waals surface area contributed by atoms with Crippen molar-refractivity contribution in [2.45, 2.75) is 38.9 Å². The molecule has 2 aromatic carbocycles. The minimum Gasteiger partial charge on any atom is -0.361 e. The summed E-state index contributed by atoms with van der Waals surface area (Å²) in [5.41, 5.74) is 4.21. The van der Waals surface area contributed by atoms with Crippen molar-refractivity contribution in [3.63, 3.8) is 0 Å². The van der Waals surface area contributed by atoms with Crippen molar-refractivity contribution in [1.29, 1.82) is 0 Å². The van der Waals surface area contributed by atoms with Crippen LogP contribution in [-0.2, 0) is 13.1 Å². The number of piperidine rings is 1. The SMILES string of the molecule is CC[NH+](Cc1ccccc1)C1CC[NH+](Cc2c[nH]c3ccccc23)CC1. The number of hydrogen-bond acceptors (Lipinski definition) is 0. The number of para-hydroxylation sites is 1. The van der Waals surface area contributed by atoms with Crippen molar-refractivity contribution >= 4 is 10.9 Å². The summed E-state index contributed by atoms with van der Waals surface area (Å²) in [6.45, 7) is 8.46. The predicted molar refractivity (Wildman–Crippen MR) is 107 cm³/mol. The molecular formula is C23H31N3+2. The van der Waals surface area contributed by atoms with E-state index >= 15 is 0 Å². The Bertz CT molecular complexity index is 816. The predicted octanol–water partition coefficient (Wildman–Crippen LogP) is 1.82. The summed E-state index contributed by atoms with van der Waals surface area (Å²) in [7, 11) is 0. The number of nitrogens with one attached hydrogen (secondary N) is 3. The van der Waals surface area contributed by atoms with Crippen LogP contribution < -0.4 is 9.80 Å². The van der Waals surface area contributed by atoms with Gasteiger partial charge in [-0.25, -0.2) is 0 Å². The van der Waals surface area contributed by atoms with Crippen LogP contribution in [0.2, 0.25) is 0 Å². The van der Waals surface area contributed by atoms with Crippen LogP contribution >= 0.6 is 0 Å². The van der Waals surface area contributed by atoms with E-state index in [-0.39, 0.29) is 0 Å². The second-order valence-electron chi connectivity index (χ2n) is 7.73. The quantitative estimate of drug-likeness (QED) is 0.605. The van der Waals surface area contributed by atoms with Gasteiger partial charge in [-0.05, 0) is 13.0 Å². The van der Waals surface area contributed by atoms with Crippen LogP contribution in [0, 0.1) is 0 Å². The molecule has 2 heterocycles. The van der Waals surface area contributed by atoms with Gasteiger partial charge in [0.05, 0.1) is 25.7 Å². The van der Waals surface area contributed by atoms with Gasteiger partial charge >= 0.3 is 0 Å². The smallest absolute Gasteiger partial charge is 0.105 e. The fraction of sp³-hybridized carbons (Fsp3) is 0.391. The van der Waals surface area contributed by atoms with E-state index in [0.717, 1.165) is 12.6 Å². The molecule has 1 fully saturated rings. The van der Waals surface area contributed by atoms with Crippen molar-refractivity contribution in [3.8, 4) is 0 Å². The van der Waals surface area contributed by atoms with Crippen LogP contribution in [-0.4, -0.2) is 30.7 Å². The average Bonchev–Trinajstić information content (AvgIpc) is 3.11. The van der Waals surface area contributed by atoms with E-state index in [0.29, 0.717) is 0 Å². The molecule has 3 nitrogen and oxygen atoms in total. The number of hydrogen-bond donors (Lipinski definition) is 3. The van der Waals surface area contributed by atoms with Crippen LogP contribution in [0.4, 0.5) is 0 Å². The summed E-state index contributed by atoms with van der Waals surface area (Å²) >= 11 is 0. The molecule has 1 atom stereocenters. The molecule has 4 rings (SSSR count). The number of H-pyrrole nitrogens is 1. The van der Waals surface area contributed by atoms with E-state index < -0.39 is 0 Å². The molecule has 3 heteroatoms.